The van der Waals surface area contributed by atoms with Gasteiger partial charge in [0.1, 0.15) is 5.60 Å². The molecule has 4 nitrogen and oxygen atoms in total. The number of nitrogen functional groups attached to an aromatic ring is 1. The fourth-order valence-electron chi connectivity index (χ4n) is 2.36. The molecule has 1 aromatic heterocycles. The number of nitrogens with zero attached hydrogens (tertiary/aromatic N) is 2. The predicted octanol–water partition coefficient (Wildman–Crippen LogP) is 2.56. The van der Waals surface area contributed by atoms with Crippen LogP contribution in [0.25, 0.3) is 0 Å². The Morgan fingerprint density at radius 3 is 2.69 bits per heavy atom. The quantitative estimate of drug-likeness (QED) is 0.883. The van der Waals surface area contributed by atoms with Crippen LogP contribution in [0.5, 0.6) is 0 Å². The van der Waals surface area contributed by atoms with Crippen LogP contribution in [0, 0.1) is 5.92 Å². The van der Waals surface area contributed by atoms with Gasteiger partial charge in [-0.2, -0.15) is 4.37 Å². The number of ether oxygens (including phenoxy) is 1. The van der Waals surface area contributed by atoms with Crippen molar-refractivity contribution < 1.29 is 4.74 Å². The molecule has 0 atom stereocenters. The van der Waals surface area contributed by atoms with E-state index in [2.05, 4.69) is 16.3 Å². The fraction of sp³-hybridized carbons (Fsp3) is 0.818. The van der Waals surface area contributed by atoms with Crippen molar-refractivity contribution in [3.8, 4) is 0 Å². The van der Waals surface area contributed by atoms with Crippen LogP contribution < -0.4 is 5.73 Å². The average Bonchev–Trinajstić information content (AvgIpc) is 2.70. The van der Waals surface area contributed by atoms with E-state index in [0.717, 1.165) is 24.6 Å². The van der Waals surface area contributed by atoms with Crippen molar-refractivity contribution in [1.29, 1.82) is 0 Å². The van der Waals surface area contributed by atoms with Gasteiger partial charge < -0.3 is 10.5 Å². The highest BCUT2D eigenvalue weighted by Gasteiger charge is 2.39. The van der Waals surface area contributed by atoms with Crippen LogP contribution in [-0.4, -0.2) is 16.0 Å². The zero-order chi connectivity index (χ0) is 11.6. The Labute approximate surface area is 100 Å². The number of aromatic nitrogens is 2. The van der Waals surface area contributed by atoms with Gasteiger partial charge in [0.15, 0.2) is 11.0 Å². The first-order valence-corrected chi connectivity index (χ1v) is 6.67. The summed E-state index contributed by atoms with van der Waals surface area (Å²) >= 11 is 1.26. The van der Waals surface area contributed by atoms with Crippen molar-refractivity contribution in [1.82, 2.24) is 9.36 Å². The molecule has 0 radical (unpaired) electrons. The van der Waals surface area contributed by atoms with Crippen LogP contribution in [0.4, 0.5) is 5.13 Å². The molecular formula is C11H19N3OS. The third-order valence-corrected chi connectivity index (χ3v) is 3.89. The van der Waals surface area contributed by atoms with Gasteiger partial charge in [-0.05, 0) is 38.5 Å². The van der Waals surface area contributed by atoms with Crippen LogP contribution >= 0.6 is 11.5 Å². The molecule has 1 fully saturated rings. The Balaban J connectivity index is 2.22. The molecule has 0 aliphatic heterocycles. The molecule has 2 rings (SSSR count). The Hall–Kier alpha value is -0.680. The number of nitrogens with two attached hydrogens (primary N) is 1. The van der Waals surface area contributed by atoms with Crippen molar-refractivity contribution in [2.24, 2.45) is 5.92 Å². The van der Waals surface area contributed by atoms with Gasteiger partial charge in [0.25, 0.3) is 0 Å². The minimum absolute atomic E-state index is 0.268. The molecule has 1 saturated carbocycles. The average molecular weight is 241 g/mol. The van der Waals surface area contributed by atoms with Gasteiger partial charge in [-0.25, -0.2) is 4.98 Å². The lowest BCUT2D eigenvalue weighted by Crippen LogP contribution is -2.35. The van der Waals surface area contributed by atoms with Gasteiger partial charge in [-0.3, -0.25) is 0 Å². The smallest absolute Gasteiger partial charge is 0.200 e. The highest BCUT2D eigenvalue weighted by Crippen LogP contribution is 2.41. The molecule has 0 saturated heterocycles. The Morgan fingerprint density at radius 1 is 1.50 bits per heavy atom. The van der Waals surface area contributed by atoms with E-state index in [1.807, 2.05) is 6.92 Å². The van der Waals surface area contributed by atoms with E-state index in [-0.39, 0.29) is 5.60 Å². The molecule has 0 bridgehead atoms. The summed E-state index contributed by atoms with van der Waals surface area (Å²) < 4.78 is 10.3. The standard InChI is InChI=1S/C11H19N3OS/c1-3-15-11(6-4-8(2)5-7-11)9-13-10(12)16-14-9/h8H,3-7H2,1-2H3,(H2,12,13,14). The predicted molar refractivity (Wildman–Crippen MR) is 65.3 cm³/mol. The normalized spacial score (nSPS) is 30.5. The molecule has 16 heavy (non-hydrogen) atoms. The lowest BCUT2D eigenvalue weighted by molar-refractivity contribution is -0.0828. The van der Waals surface area contributed by atoms with Crippen LogP contribution in [0.3, 0.4) is 0 Å². The highest BCUT2D eigenvalue weighted by molar-refractivity contribution is 7.09. The summed E-state index contributed by atoms with van der Waals surface area (Å²) in [6.07, 6.45) is 4.38. The van der Waals surface area contributed by atoms with E-state index < -0.39 is 0 Å². The molecule has 0 spiro atoms. The minimum Gasteiger partial charge on any atom is -0.374 e. The second-order valence-electron chi connectivity index (χ2n) is 4.57. The Kier molecular flexibility index (Phi) is 3.44. The molecule has 90 valence electrons. The molecule has 0 amide bonds. The number of hydrogen-bond acceptors (Lipinski definition) is 5. The van der Waals surface area contributed by atoms with Gasteiger partial charge in [0.05, 0.1) is 0 Å². The van der Waals surface area contributed by atoms with Crippen LogP contribution in [-0.2, 0) is 10.3 Å². The first kappa shape index (κ1) is 11.8. The van der Waals surface area contributed by atoms with Crippen molar-refractivity contribution in [2.45, 2.75) is 45.1 Å². The van der Waals surface area contributed by atoms with Crippen molar-refractivity contribution in [3.05, 3.63) is 5.82 Å². The second-order valence-corrected chi connectivity index (χ2v) is 5.35. The topological polar surface area (TPSA) is 61.0 Å². The van der Waals surface area contributed by atoms with Gasteiger partial charge in [0, 0.05) is 18.1 Å². The van der Waals surface area contributed by atoms with Gasteiger partial charge in [-0.1, -0.05) is 6.92 Å². The van der Waals surface area contributed by atoms with Gasteiger partial charge in [0.2, 0.25) is 0 Å². The summed E-state index contributed by atoms with van der Waals surface area (Å²) in [5, 5.41) is 0.535. The van der Waals surface area contributed by atoms with Crippen LogP contribution in [0.1, 0.15) is 45.4 Å². The summed E-state index contributed by atoms with van der Waals surface area (Å²) in [5.41, 5.74) is 5.39. The van der Waals surface area contributed by atoms with Gasteiger partial charge in [-0.15, -0.1) is 0 Å². The largest absolute Gasteiger partial charge is 0.374 e. The molecule has 2 N–H and O–H groups in total. The zero-order valence-corrected chi connectivity index (χ0v) is 10.7. The summed E-state index contributed by atoms with van der Waals surface area (Å²) in [6.45, 7) is 5.02. The van der Waals surface area contributed by atoms with E-state index in [1.165, 1.54) is 24.4 Å². The summed E-state index contributed by atoms with van der Waals surface area (Å²) in [5.74, 6) is 1.58. The lowest BCUT2D eigenvalue weighted by Gasteiger charge is -2.36. The molecule has 0 unspecified atom stereocenters. The maximum atomic E-state index is 5.94. The maximum absolute atomic E-state index is 5.94. The highest BCUT2D eigenvalue weighted by atomic mass is 32.1. The molecule has 1 aromatic rings. The summed E-state index contributed by atoms with van der Waals surface area (Å²) in [6, 6.07) is 0. The molecule has 0 aromatic carbocycles. The number of hydrogen-bond donors (Lipinski definition) is 1. The van der Waals surface area contributed by atoms with E-state index in [0.29, 0.717) is 11.7 Å². The third kappa shape index (κ3) is 2.20. The SMILES string of the molecule is CCOC1(c2nsc(N)n2)CCC(C)CC1. The molecule has 5 heteroatoms. The minimum atomic E-state index is -0.268. The van der Waals surface area contributed by atoms with E-state index in [1.54, 1.807) is 0 Å². The van der Waals surface area contributed by atoms with Crippen LogP contribution in [0.15, 0.2) is 0 Å². The van der Waals surface area contributed by atoms with E-state index in [4.69, 9.17) is 10.5 Å². The monoisotopic (exact) mass is 241 g/mol. The molecule has 1 heterocycles. The summed E-state index contributed by atoms with van der Waals surface area (Å²) in [7, 11) is 0. The zero-order valence-electron chi connectivity index (χ0n) is 9.90. The fourth-order valence-corrected chi connectivity index (χ4v) is 2.87. The first-order chi connectivity index (χ1) is 7.66. The third-order valence-electron chi connectivity index (χ3n) is 3.35. The summed E-state index contributed by atoms with van der Waals surface area (Å²) in [4.78, 5) is 4.31. The van der Waals surface area contributed by atoms with Crippen molar-refractivity contribution in [3.63, 3.8) is 0 Å². The number of anilines is 1. The molecule has 1 aliphatic rings. The number of rotatable bonds is 3. The van der Waals surface area contributed by atoms with Crippen molar-refractivity contribution in [2.75, 3.05) is 12.3 Å². The maximum Gasteiger partial charge on any atom is 0.200 e. The van der Waals surface area contributed by atoms with E-state index >= 15 is 0 Å². The van der Waals surface area contributed by atoms with Gasteiger partial charge >= 0.3 is 0 Å². The Bertz CT molecular complexity index is 345. The van der Waals surface area contributed by atoms with Crippen molar-refractivity contribution >= 4 is 16.7 Å². The Morgan fingerprint density at radius 2 is 2.19 bits per heavy atom. The lowest BCUT2D eigenvalue weighted by atomic mass is 9.79. The first-order valence-electron chi connectivity index (χ1n) is 5.90. The molecular weight excluding hydrogens is 222 g/mol. The second kappa shape index (κ2) is 4.67. The van der Waals surface area contributed by atoms with E-state index in [9.17, 15) is 0 Å². The molecule has 1 aliphatic carbocycles. The van der Waals surface area contributed by atoms with Crippen LogP contribution in [0.2, 0.25) is 0 Å².